The van der Waals surface area contributed by atoms with Crippen LogP contribution in [0.3, 0.4) is 0 Å². The van der Waals surface area contributed by atoms with Crippen molar-refractivity contribution < 1.29 is 9.53 Å². The fourth-order valence-corrected chi connectivity index (χ4v) is 2.57. The minimum Gasteiger partial charge on any atom is -0.465 e. The van der Waals surface area contributed by atoms with E-state index in [0.29, 0.717) is 11.6 Å². The number of ether oxygens (including phenoxy) is 1. The molecular weight excluding hydrogens is 226 g/mol. The third-order valence-electron chi connectivity index (χ3n) is 3.77. The number of esters is 1. The molecule has 3 nitrogen and oxygen atoms in total. The first-order valence-electron chi connectivity index (χ1n) is 6.65. The average Bonchev–Trinajstić information content (AvgIpc) is 2.41. The molecule has 0 spiro atoms. The van der Waals surface area contributed by atoms with E-state index in [1.807, 2.05) is 24.3 Å². The second-order valence-corrected chi connectivity index (χ2v) is 5.08. The Labute approximate surface area is 109 Å². The summed E-state index contributed by atoms with van der Waals surface area (Å²) in [4.78, 5) is 11.3. The maximum atomic E-state index is 11.3. The molecule has 2 unspecified atom stereocenters. The quantitative estimate of drug-likeness (QED) is 0.831. The highest BCUT2D eigenvalue weighted by Crippen LogP contribution is 2.26. The molecule has 2 rings (SSSR count). The molecule has 1 saturated carbocycles. The summed E-state index contributed by atoms with van der Waals surface area (Å²) in [5, 5.41) is 3.56. The summed E-state index contributed by atoms with van der Waals surface area (Å²) >= 11 is 0. The Morgan fingerprint density at radius 2 is 1.89 bits per heavy atom. The van der Waals surface area contributed by atoms with Gasteiger partial charge < -0.3 is 10.1 Å². The number of carbonyl (C=O) groups excluding carboxylic acids is 1. The number of carbonyl (C=O) groups is 1. The fraction of sp³-hybridized carbons (Fsp3) is 0.533. The van der Waals surface area contributed by atoms with Crippen LogP contribution in [0.1, 0.15) is 43.0 Å². The van der Waals surface area contributed by atoms with Gasteiger partial charge in [0, 0.05) is 11.7 Å². The van der Waals surface area contributed by atoms with Crippen molar-refractivity contribution in [1.82, 2.24) is 0 Å². The summed E-state index contributed by atoms with van der Waals surface area (Å²) < 4.78 is 4.68. The summed E-state index contributed by atoms with van der Waals surface area (Å²) in [6.45, 7) is 2.31. The second kappa shape index (κ2) is 5.89. The molecule has 1 fully saturated rings. The molecule has 18 heavy (non-hydrogen) atoms. The normalized spacial score (nSPS) is 23.4. The first-order valence-corrected chi connectivity index (χ1v) is 6.65. The van der Waals surface area contributed by atoms with Crippen molar-refractivity contribution in [3.05, 3.63) is 29.8 Å². The number of benzene rings is 1. The average molecular weight is 247 g/mol. The number of hydrogen-bond donors (Lipinski definition) is 1. The van der Waals surface area contributed by atoms with Crippen LogP contribution in [0, 0.1) is 5.92 Å². The van der Waals surface area contributed by atoms with Gasteiger partial charge in [0.1, 0.15) is 0 Å². The minimum atomic E-state index is -0.285. The maximum Gasteiger partial charge on any atom is 0.337 e. The van der Waals surface area contributed by atoms with Gasteiger partial charge in [-0.15, -0.1) is 0 Å². The zero-order valence-electron chi connectivity index (χ0n) is 11.1. The lowest BCUT2D eigenvalue weighted by molar-refractivity contribution is 0.0601. The highest BCUT2D eigenvalue weighted by atomic mass is 16.5. The lowest BCUT2D eigenvalue weighted by Crippen LogP contribution is -2.30. The molecule has 0 amide bonds. The first kappa shape index (κ1) is 12.9. The fourth-order valence-electron chi connectivity index (χ4n) is 2.57. The van der Waals surface area contributed by atoms with Gasteiger partial charge in [-0.2, -0.15) is 0 Å². The van der Waals surface area contributed by atoms with E-state index in [9.17, 15) is 4.79 Å². The zero-order chi connectivity index (χ0) is 13.0. The Morgan fingerprint density at radius 3 is 2.50 bits per heavy atom. The van der Waals surface area contributed by atoms with Crippen molar-refractivity contribution in [1.29, 1.82) is 0 Å². The van der Waals surface area contributed by atoms with Crippen LogP contribution in [0.2, 0.25) is 0 Å². The van der Waals surface area contributed by atoms with Gasteiger partial charge in [0.25, 0.3) is 0 Å². The van der Waals surface area contributed by atoms with Gasteiger partial charge >= 0.3 is 5.97 Å². The van der Waals surface area contributed by atoms with Crippen molar-refractivity contribution in [2.45, 2.75) is 38.6 Å². The predicted molar refractivity (Wildman–Crippen MR) is 72.8 cm³/mol. The Morgan fingerprint density at radius 1 is 1.22 bits per heavy atom. The van der Waals surface area contributed by atoms with E-state index in [-0.39, 0.29) is 5.97 Å². The molecule has 98 valence electrons. The third-order valence-corrected chi connectivity index (χ3v) is 3.77. The molecule has 1 aliphatic rings. The van der Waals surface area contributed by atoms with Crippen LogP contribution < -0.4 is 5.32 Å². The lowest BCUT2D eigenvalue weighted by Gasteiger charge is -2.30. The van der Waals surface area contributed by atoms with Gasteiger partial charge in [0.15, 0.2) is 0 Å². The van der Waals surface area contributed by atoms with E-state index in [2.05, 4.69) is 17.0 Å². The van der Waals surface area contributed by atoms with Crippen LogP contribution in [0.15, 0.2) is 24.3 Å². The Kier molecular flexibility index (Phi) is 4.24. The topological polar surface area (TPSA) is 38.3 Å². The van der Waals surface area contributed by atoms with Crippen LogP contribution in [-0.2, 0) is 4.74 Å². The highest BCUT2D eigenvalue weighted by molar-refractivity contribution is 5.89. The van der Waals surface area contributed by atoms with E-state index in [4.69, 9.17) is 0 Å². The van der Waals surface area contributed by atoms with Crippen molar-refractivity contribution in [3.8, 4) is 0 Å². The minimum absolute atomic E-state index is 0.285. The second-order valence-electron chi connectivity index (χ2n) is 5.08. The SMILES string of the molecule is COC(=O)c1ccc(NC2CCCCC2C)cc1. The highest BCUT2D eigenvalue weighted by Gasteiger charge is 2.20. The number of rotatable bonds is 3. The van der Waals surface area contributed by atoms with Crippen LogP contribution in [0.25, 0.3) is 0 Å². The Hall–Kier alpha value is -1.51. The first-order chi connectivity index (χ1) is 8.70. The number of anilines is 1. The van der Waals surface area contributed by atoms with Gasteiger partial charge in [0.05, 0.1) is 12.7 Å². The van der Waals surface area contributed by atoms with Crippen LogP contribution >= 0.6 is 0 Å². The molecule has 0 aromatic heterocycles. The van der Waals surface area contributed by atoms with Gasteiger partial charge in [0.2, 0.25) is 0 Å². The van der Waals surface area contributed by atoms with E-state index >= 15 is 0 Å². The molecule has 0 bridgehead atoms. The summed E-state index contributed by atoms with van der Waals surface area (Å²) in [7, 11) is 1.40. The maximum absolute atomic E-state index is 11.3. The Bertz CT molecular complexity index is 399. The van der Waals surface area contributed by atoms with Crippen molar-refractivity contribution >= 4 is 11.7 Å². The van der Waals surface area contributed by atoms with Crippen molar-refractivity contribution in [2.75, 3.05) is 12.4 Å². The van der Waals surface area contributed by atoms with Crippen molar-refractivity contribution in [3.63, 3.8) is 0 Å². The smallest absolute Gasteiger partial charge is 0.337 e. The lowest BCUT2D eigenvalue weighted by atomic mass is 9.86. The van der Waals surface area contributed by atoms with Gasteiger partial charge in [-0.05, 0) is 43.0 Å². The number of nitrogens with one attached hydrogen (secondary N) is 1. The summed E-state index contributed by atoms with van der Waals surface area (Å²) in [5.41, 5.74) is 1.68. The summed E-state index contributed by atoms with van der Waals surface area (Å²) in [6.07, 6.45) is 5.20. The van der Waals surface area contributed by atoms with E-state index in [1.165, 1.54) is 32.8 Å². The van der Waals surface area contributed by atoms with Gasteiger partial charge in [-0.1, -0.05) is 19.8 Å². The van der Waals surface area contributed by atoms with Crippen LogP contribution in [0.5, 0.6) is 0 Å². The Balaban J connectivity index is 1.99. The largest absolute Gasteiger partial charge is 0.465 e. The van der Waals surface area contributed by atoms with E-state index < -0.39 is 0 Å². The molecule has 0 heterocycles. The molecule has 1 aliphatic carbocycles. The molecule has 0 radical (unpaired) electrons. The molecule has 1 aromatic carbocycles. The molecule has 3 heteroatoms. The number of methoxy groups -OCH3 is 1. The van der Waals surface area contributed by atoms with Gasteiger partial charge in [-0.3, -0.25) is 0 Å². The van der Waals surface area contributed by atoms with Crippen LogP contribution in [0.4, 0.5) is 5.69 Å². The molecule has 0 aliphatic heterocycles. The van der Waals surface area contributed by atoms with Crippen LogP contribution in [-0.4, -0.2) is 19.1 Å². The number of hydrogen-bond acceptors (Lipinski definition) is 3. The zero-order valence-corrected chi connectivity index (χ0v) is 11.1. The molecule has 1 N–H and O–H groups in total. The third kappa shape index (κ3) is 3.03. The predicted octanol–water partition coefficient (Wildman–Crippen LogP) is 3.46. The van der Waals surface area contributed by atoms with E-state index in [1.54, 1.807) is 0 Å². The van der Waals surface area contributed by atoms with E-state index in [0.717, 1.165) is 11.6 Å². The molecule has 2 atom stereocenters. The molecular formula is C15H21NO2. The van der Waals surface area contributed by atoms with Crippen molar-refractivity contribution in [2.24, 2.45) is 5.92 Å². The summed E-state index contributed by atoms with van der Waals surface area (Å²) in [5.74, 6) is 0.437. The van der Waals surface area contributed by atoms with Gasteiger partial charge in [-0.25, -0.2) is 4.79 Å². The summed E-state index contributed by atoms with van der Waals surface area (Å²) in [6, 6.07) is 8.08. The standard InChI is InChI=1S/C15H21NO2/c1-11-5-3-4-6-14(11)16-13-9-7-12(8-10-13)15(17)18-2/h7-11,14,16H,3-6H2,1-2H3. The molecule has 1 aromatic rings. The molecule has 0 saturated heterocycles. The monoisotopic (exact) mass is 247 g/mol.